The molecule has 17 heteroatoms. The highest BCUT2D eigenvalue weighted by atomic mass is 16.4. The highest BCUT2D eigenvalue weighted by Gasteiger charge is 2.31. The fourth-order valence-electron chi connectivity index (χ4n) is 2.61. The quantitative estimate of drug-likeness (QED) is 0.0504. The van der Waals surface area contributed by atoms with E-state index in [1.54, 1.807) is 0 Å². The maximum atomic E-state index is 12.7. The van der Waals surface area contributed by atoms with E-state index >= 15 is 0 Å². The van der Waals surface area contributed by atoms with Crippen LogP contribution in [0.25, 0.3) is 0 Å². The van der Waals surface area contributed by atoms with Gasteiger partial charge in [-0.15, -0.1) is 0 Å². The predicted molar refractivity (Wildman–Crippen MR) is 119 cm³/mol. The molecule has 0 heterocycles. The first kappa shape index (κ1) is 31.0. The Balaban J connectivity index is 5.52. The van der Waals surface area contributed by atoms with Gasteiger partial charge in [-0.05, 0) is 19.3 Å². The van der Waals surface area contributed by atoms with Gasteiger partial charge in [0.25, 0.3) is 0 Å². The average Bonchev–Trinajstić information content (AvgIpc) is 2.76. The van der Waals surface area contributed by atoms with Crippen LogP contribution in [0.5, 0.6) is 0 Å². The predicted octanol–water partition coefficient (Wildman–Crippen LogP) is -5.36. The second kappa shape index (κ2) is 15.8. The molecule has 0 aromatic carbocycles. The van der Waals surface area contributed by atoms with Crippen LogP contribution in [0, 0.1) is 0 Å². The van der Waals surface area contributed by atoms with Gasteiger partial charge >= 0.3 is 11.9 Å². The fourth-order valence-corrected chi connectivity index (χ4v) is 2.61. The van der Waals surface area contributed by atoms with Crippen molar-refractivity contribution in [2.24, 2.45) is 27.9 Å². The Bertz CT molecular complexity index is 816. The lowest BCUT2D eigenvalue weighted by Crippen LogP contribution is -2.57. The van der Waals surface area contributed by atoms with Gasteiger partial charge in [0.05, 0.1) is 13.0 Å². The molecule has 0 spiro atoms. The number of aliphatic imine (C=N–C) groups is 1. The van der Waals surface area contributed by atoms with Gasteiger partial charge in [-0.3, -0.25) is 29.0 Å². The fraction of sp³-hybridized carbons (Fsp3) is 0.611. The third-order valence-corrected chi connectivity index (χ3v) is 4.42. The average molecular weight is 505 g/mol. The molecule has 198 valence electrons. The lowest BCUT2D eigenvalue weighted by molar-refractivity contribution is -0.143. The van der Waals surface area contributed by atoms with Crippen molar-refractivity contribution in [2.45, 2.75) is 56.3 Å². The van der Waals surface area contributed by atoms with Crippen LogP contribution in [0.3, 0.4) is 0 Å². The van der Waals surface area contributed by atoms with Crippen LogP contribution in [-0.4, -0.2) is 94.2 Å². The molecule has 4 unspecified atom stereocenters. The number of carbonyl (C=O) groups is 6. The van der Waals surface area contributed by atoms with Gasteiger partial charge in [-0.1, -0.05) is 0 Å². The maximum absolute atomic E-state index is 12.7. The third-order valence-electron chi connectivity index (χ3n) is 4.42. The number of aliphatic carboxylic acids is 2. The van der Waals surface area contributed by atoms with E-state index in [-0.39, 0.29) is 38.2 Å². The van der Waals surface area contributed by atoms with Crippen LogP contribution in [-0.2, 0) is 28.8 Å². The standard InChI is InChI=1S/C18H32N8O9/c19-8(7-27)14(31)26-11(6-13(29)30)16(33)24-9(3-4-12(20)28)15(32)25-10(17(34)35)2-1-5-23-18(21)22/h8-11,27H,1-7,19H2,(H2,20,28)(H,24,33)(H,25,32)(H,26,31)(H,29,30)(H,34,35)(H4,21,22,23). The monoisotopic (exact) mass is 504 g/mol. The van der Waals surface area contributed by atoms with Crippen molar-refractivity contribution in [3.63, 3.8) is 0 Å². The lowest BCUT2D eigenvalue weighted by Gasteiger charge is -2.24. The van der Waals surface area contributed by atoms with Crippen molar-refractivity contribution < 1.29 is 44.1 Å². The number of amides is 4. The van der Waals surface area contributed by atoms with Crippen molar-refractivity contribution in [1.29, 1.82) is 0 Å². The van der Waals surface area contributed by atoms with Gasteiger partial charge in [0.1, 0.15) is 24.2 Å². The van der Waals surface area contributed by atoms with Crippen molar-refractivity contribution in [3.05, 3.63) is 0 Å². The first-order valence-corrected chi connectivity index (χ1v) is 10.3. The molecule has 0 aliphatic rings. The zero-order valence-electron chi connectivity index (χ0n) is 18.8. The molecular weight excluding hydrogens is 472 g/mol. The topological polar surface area (TPSA) is 316 Å². The number of aliphatic hydroxyl groups excluding tert-OH is 1. The number of nitrogens with zero attached hydrogens (tertiary/aromatic N) is 1. The second-order valence-corrected chi connectivity index (χ2v) is 7.36. The molecule has 0 saturated carbocycles. The van der Waals surface area contributed by atoms with Crippen LogP contribution in [0.1, 0.15) is 32.1 Å². The van der Waals surface area contributed by atoms with E-state index in [2.05, 4.69) is 15.6 Å². The normalized spacial score (nSPS) is 13.9. The molecule has 14 N–H and O–H groups in total. The number of nitrogens with one attached hydrogen (secondary N) is 3. The minimum Gasteiger partial charge on any atom is -0.481 e. The molecule has 0 saturated heterocycles. The SMILES string of the molecule is NC(=O)CCC(NC(=O)C(CC(=O)O)NC(=O)C(N)CO)C(=O)NC(CCCN=C(N)N)C(=O)O. The number of aliphatic hydroxyl groups is 1. The van der Waals surface area contributed by atoms with E-state index in [4.69, 9.17) is 33.1 Å². The van der Waals surface area contributed by atoms with E-state index in [0.717, 1.165) is 0 Å². The van der Waals surface area contributed by atoms with Crippen LogP contribution in [0.4, 0.5) is 0 Å². The van der Waals surface area contributed by atoms with E-state index in [1.807, 2.05) is 5.32 Å². The minimum absolute atomic E-state index is 0.0783. The molecule has 17 nitrogen and oxygen atoms in total. The number of carbonyl (C=O) groups excluding carboxylic acids is 4. The number of rotatable bonds is 17. The summed E-state index contributed by atoms with van der Waals surface area (Å²) >= 11 is 0. The summed E-state index contributed by atoms with van der Waals surface area (Å²) < 4.78 is 0. The summed E-state index contributed by atoms with van der Waals surface area (Å²) in [6.45, 7) is -0.687. The number of carboxylic acids is 2. The summed E-state index contributed by atoms with van der Waals surface area (Å²) in [5.41, 5.74) is 20.8. The summed E-state index contributed by atoms with van der Waals surface area (Å²) in [5.74, 6) is -7.05. The molecule has 4 atom stereocenters. The number of primary amides is 1. The minimum atomic E-state index is -1.70. The molecule has 0 radical (unpaired) electrons. The summed E-state index contributed by atoms with van der Waals surface area (Å²) in [4.78, 5) is 74.7. The number of carboxylic acid groups (broad SMARTS) is 2. The number of nitrogens with two attached hydrogens (primary N) is 4. The number of guanidine groups is 1. The zero-order chi connectivity index (χ0) is 27.1. The molecule has 0 aromatic rings. The Morgan fingerprint density at radius 1 is 0.800 bits per heavy atom. The van der Waals surface area contributed by atoms with Crippen LogP contribution in [0.2, 0.25) is 0 Å². The summed E-state index contributed by atoms with van der Waals surface area (Å²) in [6.07, 6.45) is -1.53. The Labute approximate surface area is 199 Å². The lowest BCUT2D eigenvalue weighted by atomic mass is 10.1. The Hall–Kier alpha value is -3.99. The van der Waals surface area contributed by atoms with Crippen molar-refractivity contribution in [2.75, 3.05) is 13.2 Å². The van der Waals surface area contributed by atoms with Gasteiger partial charge in [0, 0.05) is 13.0 Å². The molecule has 0 aliphatic carbocycles. The number of hydrogen-bond acceptors (Lipinski definition) is 9. The zero-order valence-corrected chi connectivity index (χ0v) is 18.8. The summed E-state index contributed by atoms with van der Waals surface area (Å²) in [7, 11) is 0. The molecule has 35 heavy (non-hydrogen) atoms. The largest absolute Gasteiger partial charge is 0.481 e. The van der Waals surface area contributed by atoms with E-state index < -0.39 is 72.8 Å². The first-order chi connectivity index (χ1) is 16.3. The summed E-state index contributed by atoms with van der Waals surface area (Å²) in [5, 5.41) is 33.8. The van der Waals surface area contributed by atoms with Crippen molar-refractivity contribution in [1.82, 2.24) is 16.0 Å². The molecule has 0 fully saturated rings. The highest BCUT2D eigenvalue weighted by Crippen LogP contribution is 2.05. The molecule has 0 aliphatic heterocycles. The van der Waals surface area contributed by atoms with E-state index in [9.17, 15) is 33.9 Å². The Kier molecular flexibility index (Phi) is 14.0. The Morgan fingerprint density at radius 3 is 1.83 bits per heavy atom. The van der Waals surface area contributed by atoms with E-state index in [0.29, 0.717) is 0 Å². The second-order valence-electron chi connectivity index (χ2n) is 7.36. The molecule has 0 aromatic heterocycles. The highest BCUT2D eigenvalue weighted by molar-refractivity contribution is 5.95. The first-order valence-electron chi connectivity index (χ1n) is 10.3. The summed E-state index contributed by atoms with van der Waals surface area (Å²) in [6, 6.07) is -6.05. The van der Waals surface area contributed by atoms with Gasteiger partial charge in [-0.25, -0.2) is 4.79 Å². The van der Waals surface area contributed by atoms with Gasteiger partial charge in [-0.2, -0.15) is 0 Å². The van der Waals surface area contributed by atoms with Gasteiger partial charge < -0.3 is 54.2 Å². The van der Waals surface area contributed by atoms with Gasteiger partial charge in [0.2, 0.25) is 23.6 Å². The third kappa shape index (κ3) is 13.3. The Morgan fingerprint density at radius 2 is 1.34 bits per heavy atom. The molecular formula is C18H32N8O9. The molecule has 0 bridgehead atoms. The van der Waals surface area contributed by atoms with Gasteiger partial charge in [0.15, 0.2) is 5.96 Å². The smallest absolute Gasteiger partial charge is 0.326 e. The van der Waals surface area contributed by atoms with Crippen LogP contribution >= 0.6 is 0 Å². The van der Waals surface area contributed by atoms with Crippen molar-refractivity contribution in [3.8, 4) is 0 Å². The van der Waals surface area contributed by atoms with E-state index in [1.165, 1.54) is 0 Å². The maximum Gasteiger partial charge on any atom is 0.326 e. The number of hydrogen-bond donors (Lipinski definition) is 10. The van der Waals surface area contributed by atoms with Crippen molar-refractivity contribution >= 4 is 41.5 Å². The van der Waals surface area contributed by atoms with Crippen LogP contribution in [0.15, 0.2) is 4.99 Å². The molecule has 4 amide bonds. The molecule has 0 rings (SSSR count). The van der Waals surface area contributed by atoms with Crippen LogP contribution < -0.4 is 38.9 Å².